The van der Waals surface area contributed by atoms with Crippen LogP contribution < -0.4 is 0 Å². The van der Waals surface area contributed by atoms with Crippen LogP contribution in [0.3, 0.4) is 0 Å². The molecule has 0 bridgehead atoms. The number of benzene rings is 1. The van der Waals surface area contributed by atoms with Crippen molar-refractivity contribution in [3.05, 3.63) is 41.5 Å². The van der Waals surface area contributed by atoms with E-state index in [2.05, 4.69) is 6.58 Å². The molecule has 0 N–H and O–H groups in total. The molecular weight excluding hydrogens is 298 g/mol. The number of rotatable bonds is 5. The second-order valence-electron chi connectivity index (χ2n) is 4.71. The van der Waals surface area contributed by atoms with E-state index >= 15 is 0 Å². The molecule has 1 rings (SSSR count). The number of nitrogens with zero attached hydrogens (tertiary/aromatic N) is 1. The number of hydrogen-bond donors (Lipinski definition) is 0. The Bertz CT molecular complexity index is 638. The first-order valence-electron chi connectivity index (χ1n) is 6.15. The topological polar surface area (TPSA) is 54.5 Å². The Morgan fingerprint density at radius 3 is 2.45 bits per heavy atom. The summed E-state index contributed by atoms with van der Waals surface area (Å²) >= 11 is 0. The summed E-state index contributed by atoms with van der Waals surface area (Å²) in [6, 6.07) is 4.51. The molecule has 6 heteroatoms. The van der Waals surface area contributed by atoms with Crippen molar-refractivity contribution in [1.82, 2.24) is 4.90 Å². The zero-order valence-electron chi connectivity index (χ0n) is 11.8. The van der Waals surface area contributed by atoms with Gasteiger partial charge < -0.3 is 4.90 Å². The fourth-order valence-corrected chi connectivity index (χ4v) is 2.89. The van der Waals surface area contributed by atoms with Crippen LogP contribution in [0.25, 0.3) is 0 Å². The van der Waals surface area contributed by atoms with E-state index in [-0.39, 0.29) is 16.4 Å². The van der Waals surface area contributed by atoms with E-state index in [9.17, 15) is 13.2 Å². The molecule has 0 unspecified atom stereocenters. The number of carbonyl (C=O) groups is 1. The van der Waals surface area contributed by atoms with Crippen LogP contribution in [0.4, 0.5) is 0 Å². The third kappa shape index (κ3) is 4.08. The van der Waals surface area contributed by atoms with Gasteiger partial charge in [-0.15, -0.1) is 0 Å². The summed E-state index contributed by atoms with van der Waals surface area (Å²) in [6.45, 7) is 10.0. The minimum atomic E-state index is -3.96. The van der Waals surface area contributed by atoms with Crippen molar-refractivity contribution in [1.29, 1.82) is 0 Å². The van der Waals surface area contributed by atoms with Gasteiger partial charge in [-0.3, -0.25) is 4.79 Å². The molecule has 1 aromatic carbocycles. The van der Waals surface area contributed by atoms with Crippen LogP contribution >= 0.6 is 10.7 Å². The number of carbonyl (C=O) groups excluding carboxylic acids is 1. The quantitative estimate of drug-likeness (QED) is 0.620. The van der Waals surface area contributed by atoms with Crippen LogP contribution in [0.5, 0.6) is 0 Å². The maximum atomic E-state index is 12.5. The van der Waals surface area contributed by atoms with Gasteiger partial charge in [0.25, 0.3) is 15.0 Å². The van der Waals surface area contributed by atoms with Gasteiger partial charge in [0, 0.05) is 23.8 Å². The van der Waals surface area contributed by atoms with Crippen LogP contribution in [0, 0.1) is 6.92 Å². The van der Waals surface area contributed by atoms with E-state index in [0.717, 1.165) is 11.1 Å². The Labute approximate surface area is 124 Å². The van der Waals surface area contributed by atoms with Crippen molar-refractivity contribution < 1.29 is 13.2 Å². The van der Waals surface area contributed by atoms with Crippen LogP contribution in [-0.4, -0.2) is 32.3 Å². The molecular formula is C14H18ClNO3S. The number of hydrogen-bond acceptors (Lipinski definition) is 3. The van der Waals surface area contributed by atoms with Crippen LogP contribution in [0.15, 0.2) is 35.2 Å². The fraction of sp³-hybridized carbons (Fsp3) is 0.357. The minimum absolute atomic E-state index is 0.100. The lowest BCUT2D eigenvalue weighted by atomic mass is 10.1. The van der Waals surface area contributed by atoms with Gasteiger partial charge in [0.15, 0.2) is 0 Å². The predicted molar refractivity (Wildman–Crippen MR) is 80.6 cm³/mol. The summed E-state index contributed by atoms with van der Waals surface area (Å²) in [7, 11) is 1.43. The van der Waals surface area contributed by atoms with Crippen molar-refractivity contribution in [2.24, 2.45) is 0 Å². The summed E-state index contributed by atoms with van der Waals surface area (Å²) in [4.78, 5) is 13.9. The first-order chi connectivity index (χ1) is 9.16. The van der Waals surface area contributed by atoms with Crippen LogP contribution in [-0.2, 0) is 9.05 Å². The summed E-state index contributed by atoms with van der Waals surface area (Å²) in [5.74, 6) is -0.363. The molecule has 0 aliphatic heterocycles. The van der Waals surface area contributed by atoms with Crippen LogP contribution in [0.1, 0.15) is 29.8 Å². The monoisotopic (exact) mass is 315 g/mol. The van der Waals surface area contributed by atoms with Gasteiger partial charge >= 0.3 is 0 Å². The number of halogens is 1. The van der Waals surface area contributed by atoms with Crippen molar-refractivity contribution >= 4 is 25.6 Å². The largest absolute Gasteiger partial charge is 0.335 e. The maximum Gasteiger partial charge on any atom is 0.262 e. The zero-order chi connectivity index (χ0) is 15.5. The summed E-state index contributed by atoms with van der Waals surface area (Å²) < 4.78 is 23.2. The second kappa shape index (κ2) is 6.41. The van der Waals surface area contributed by atoms with E-state index in [0.29, 0.717) is 13.1 Å². The van der Waals surface area contributed by atoms with E-state index in [1.54, 1.807) is 19.1 Å². The Kier molecular flexibility index (Phi) is 5.36. The predicted octanol–water partition coefficient (Wildman–Crippen LogP) is 2.96. The lowest BCUT2D eigenvalue weighted by molar-refractivity contribution is 0.0774. The summed E-state index contributed by atoms with van der Waals surface area (Å²) in [5.41, 5.74) is 1.72. The normalized spacial score (nSPS) is 11.2. The fourth-order valence-electron chi connectivity index (χ4n) is 1.85. The molecule has 4 nitrogen and oxygen atoms in total. The van der Waals surface area contributed by atoms with Crippen molar-refractivity contribution in [3.8, 4) is 0 Å². The van der Waals surface area contributed by atoms with E-state index in [4.69, 9.17) is 10.7 Å². The molecule has 0 aliphatic carbocycles. The Morgan fingerprint density at radius 2 is 2.00 bits per heavy atom. The standard InChI is InChI=1S/C14H18ClNO3S/c1-5-16(9-10(2)3)14(17)12-8-11(4)6-7-13(12)20(15,18)19/h6-8H,2,5,9H2,1,3-4H3. The third-order valence-corrected chi connectivity index (χ3v) is 4.14. The first kappa shape index (κ1) is 16.7. The van der Waals surface area contributed by atoms with Crippen molar-refractivity contribution in [2.45, 2.75) is 25.7 Å². The Balaban J connectivity index is 3.33. The molecule has 0 radical (unpaired) electrons. The minimum Gasteiger partial charge on any atom is -0.335 e. The molecule has 1 amide bonds. The number of likely N-dealkylation sites (N-methyl/N-ethyl adjacent to an activating group) is 1. The average Bonchev–Trinajstić information content (AvgIpc) is 2.33. The summed E-state index contributed by atoms with van der Waals surface area (Å²) in [5, 5.41) is 0. The zero-order valence-corrected chi connectivity index (χ0v) is 13.4. The molecule has 0 atom stereocenters. The van der Waals surface area contributed by atoms with Gasteiger partial charge in [-0.25, -0.2) is 8.42 Å². The Hall–Kier alpha value is -1.33. The lowest BCUT2D eigenvalue weighted by Gasteiger charge is -2.22. The molecule has 0 aliphatic rings. The van der Waals surface area contributed by atoms with Gasteiger partial charge in [0.1, 0.15) is 0 Å². The highest BCUT2D eigenvalue weighted by Gasteiger charge is 2.23. The van der Waals surface area contributed by atoms with Gasteiger partial charge in [0.05, 0.1) is 10.5 Å². The SMILES string of the molecule is C=C(C)CN(CC)C(=O)c1cc(C)ccc1S(=O)(=O)Cl. The van der Waals surface area contributed by atoms with E-state index in [1.807, 2.05) is 13.8 Å². The van der Waals surface area contributed by atoms with Crippen molar-refractivity contribution in [3.63, 3.8) is 0 Å². The molecule has 20 heavy (non-hydrogen) atoms. The molecule has 110 valence electrons. The van der Waals surface area contributed by atoms with E-state index < -0.39 is 9.05 Å². The maximum absolute atomic E-state index is 12.5. The molecule has 0 saturated heterocycles. The highest BCUT2D eigenvalue weighted by atomic mass is 35.7. The van der Waals surface area contributed by atoms with Gasteiger partial charge in [0.2, 0.25) is 0 Å². The second-order valence-corrected chi connectivity index (χ2v) is 7.25. The molecule has 0 aromatic heterocycles. The molecule has 0 saturated carbocycles. The Morgan fingerprint density at radius 1 is 1.40 bits per heavy atom. The number of amides is 1. The van der Waals surface area contributed by atoms with Crippen LogP contribution in [0.2, 0.25) is 0 Å². The van der Waals surface area contributed by atoms with Gasteiger partial charge in [-0.2, -0.15) is 0 Å². The van der Waals surface area contributed by atoms with Gasteiger partial charge in [-0.05, 0) is 32.9 Å². The highest BCUT2D eigenvalue weighted by molar-refractivity contribution is 8.13. The molecule has 0 spiro atoms. The molecule has 1 aromatic rings. The van der Waals surface area contributed by atoms with Gasteiger partial charge in [-0.1, -0.05) is 23.8 Å². The molecule has 0 fully saturated rings. The number of aryl methyl sites for hydroxylation is 1. The lowest BCUT2D eigenvalue weighted by Crippen LogP contribution is -2.33. The highest BCUT2D eigenvalue weighted by Crippen LogP contribution is 2.23. The first-order valence-corrected chi connectivity index (χ1v) is 8.46. The summed E-state index contributed by atoms with van der Waals surface area (Å²) in [6.07, 6.45) is 0. The van der Waals surface area contributed by atoms with E-state index in [1.165, 1.54) is 11.0 Å². The molecule has 0 heterocycles. The smallest absolute Gasteiger partial charge is 0.262 e. The average molecular weight is 316 g/mol. The van der Waals surface area contributed by atoms with Crippen molar-refractivity contribution in [2.75, 3.05) is 13.1 Å². The third-order valence-electron chi connectivity index (χ3n) is 2.76.